The minimum absolute atomic E-state index is 0.103. The smallest absolute Gasteiger partial charge is 0.121 e. The van der Waals surface area contributed by atoms with Crippen molar-refractivity contribution < 1.29 is 9.84 Å². The van der Waals surface area contributed by atoms with Gasteiger partial charge in [0.05, 0.1) is 13.7 Å². The van der Waals surface area contributed by atoms with E-state index in [-0.39, 0.29) is 6.61 Å². The Morgan fingerprint density at radius 2 is 2.15 bits per heavy atom. The fraction of sp³-hybridized carbons (Fsp3) is 0.364. The number of methoxy groups -OCH3 is 1. The Balaban J connectivity index is 2.95. The van der Waals surface area contributed by atoms with Crippen molar-refractivity contribution in [3.05, 3.63) is 35.2 Å². The highest BCUT2D eigenvalue weighted by Crippen LogP contribution is 2.22. The van der Waals surface area contributed by atoms with Crippen LogP contribution < -0.4 is 4.74 Å². The number of benzene rings is 1. The van der Waals surface area contributed by atoms with Crippen LogP contribution in [0.3, 0.4) is 0 Å². The van der Waals surface area contributed by atoms with E-state index < -0.39 is 0 Å². The molecule has 0 saturated heterocycles. The molecule has 1 aromatic carbocycles. The number of hydrogen-bond donors (Lipinski definition) is 1. The Bertz CT molecular complexity index is 281. The lowest BCUT2D eigenvalue weighted by molar-refractivity contribution is 0.315. The first-order valence-corrected chi connectivity index (χ1v) is 4.27. The number of hydrogen-bond acceptors (Lipinski definition) is 2. The van der Waals surface area contributed by atoms with Crippen LogP contribution in [0.1, 0.15) is 18.1 Å². The van der Waals surface area contributed by atoms with Gasteiger partial charge in [-0.15, -0.1) is 0 Å². The van der Waals surface area contributed by atoms with Crippen molar-refractivity contribution in [1.29, 1.82) is 0 Å². The third-order valence-corrected chi connectivity index (χ3v) is 2.12. The molecule has 1 radical (unpaired) electrons. The van der Waals surface area contributed by atoms with Gasteiger partial charge in [0.15, 0.2) is 0 Å². The van der Waals surface area contributed by atoms with Gasteiger partial charge in [-0.25, -0.2) is 0 Å². The van der Waals surface area contributed by atoms with Crippen LogP contribution in [0.25, 0.3) is 0 Å². The topological polar surface area (TPSA) is 29.5 Å². The average Bonchev–Trinajstić information content (AvgIpc) is 2.16. The normalized spacial score (nSPS) is 10.5. The maximum Gasteiger partial charge on any atom is 0.121 e. The number of aliphatic hydroxyl groups excluding tert-OH is 1. The predicted octanol–water partition coefficient (Wildman–Crippen LogP) is 1.94. The Hall–Kier alpha value is -1.02. The number of aryl methyl sites for hydroxylation is 1. The molecular weight excluding hydrogens is 164 g/mol. The molecule has 0 unspecified atom stereocenters. The van der Waals surface area contributed by atoms with Gasteiger partial charge in [-0.05, 0) is 24.1 Å². The lowest BCUT2D eigenvalue weighted by Crippen LogP contribution is -2.00. The zero-order chi connectivity index (χ0) is 9.84. The predicted molar refractivity (Wildman–Crippen MR) is 52.8 cm³/mol. The molecule has 2 heteroatoms. The fourth-order valence-electron chi connectivity index (χ4n) is 1.24. The van der Waals surface area contributed by atoms with Crippen molar-refractivity contribution in [2.45, 2.75) is 13.8 Å². The SMILES string of the molecule is COc1ccc([C](C)CO)cc1C. The summed E-state index contributed by atoms with van der Waals surface area (Å²) in [5.41, 5.74) is 2.16. The molecule has 71 valence electrons. The molecule has 0 atom stereocenters. The molecule has 1 aromatic rings. The lowest BCUT2D eigenvalue weighted by Gasteiger charge is -2.10. The van der Waals surface area contributed by atoms with E-state index in [9.17, 15) is 0 Å². The highest BCUT2D eigenvalue weighted by Gasteiger charge is 2.06. The van der Waals surface area contributed by atoms with Crippen molar-refractivity contribution in [3.63, 3.8) is 0 Å². The van der Waals surface area contributed by atoms with Crippen LogP contribution in [0, 0.1) is 12.8 Å². The van der Waals surface area contributed by atoms with Crippen LogP contribution in [0.4, 0.5) is 0 Å². The summed E-state index contributed by atoms with van der Waals surface area (Å²) in [6, 6.07) is 5.89. The molecule has 13 heavy (non-hydrogen) atoms. The number of aliphatic hydroxyl groups is 1. The second-order valence-electron chi connectivity index (χ2n) is 3.12. The monoisotopic (exact) mass is 179 g/mol. The van der Waals surface area contributed by atoms with Gasteiger partial charge in [-0.3, -0.25) is 0 Å². The standard InChI is InChI=1S/C11H15O2/c1-8-6-10(9(2)7-12)4-5-11(8)13-3/h4-6,12H,7H2,1-3H3. The van der Waals surface area contributed by atoms with E-state index in [4.69, 9.17) is 9.84 Å². The van der Waals surface area contributed by atoms with E-state index >= 15 is 0 Å². The van der Waals surface area contributed by atoms with Crippen LogP contribution in [-0.4, -0.2) is 18.8 Å². The second kappa shape index (κ2) is 4.28. The zero-order valence-corrected chi connectivity index (χ0v) is 8.29. The summed E-state index contributed by atoms with van der Waals surface area (Å²) < 4.78 is 5.14. The second-order valence-corrected chi connectivity index (χ2v) is 3.12. The summed E-state index contributed by atoms with van der Waals surface area (Å²) in [4.78, 5) is 0. The maximum absolute atomic E-state index is 8.94. The molecule has 1 rings (SSSR count). The Morgan fingerprint density at radius 1 is 1.46 bits per heavy atom. The maximum atomic E-state index is 8.94. The van der Waals surface area contributed by atoms with Crippen LogP contribution in [-0.2, 0) is 0 Å². The summed E-state index contributed by atoms with van der Waals surface area (Å²) in [6.45, 7) is 4.01. The molecule has 0 aromatic heterocycles. The minimum atomic E-state index is 0.103. The number of ether oxygens (including phenoxy) is 1. The Morgan fingerprint density at radius 3 is 2.62 bits per heavy atom. The highest BCUT2D eigenvalue weighted by atomic mass is 16.5. The molecular formula is C11H15O2. The summed E-state index contributed by atoms with van der Waals surface area (Å²) in [5.74, 6) is 1.86. The summed E-state index contributed by atoms with van der Waals surface area (Å²) in [6.07, 6.45) is 0. The van der Waals surface area contributed by atoms with Crippen molar-refractivity contribution in [2.75, 3.05) is 13.7 Å². The molecule has 0 amide bonds. The molecule has 0 bridgehead atoms. The van der Waals surface area contributed by atoms with E-state index in [1.807, 2.05) is 32.0 Å². The summed E-state index contributed by atoms with van der Waals surface area (Å²) >= 11 is 0. The third-order valence-electron chi connectivity index (χ3n) is 2.12. The fourth-order valence-corrected chi connectivity index (χ4v) is 1.24. The van der Waals surface area contributed by atoms with Crippen LogP contribution in [0.5, 0.6) is 5.75 Å². The lowest BCUT2D eigenvalue weighted by atomic mass is 10.00. The minimum Gasteiger partial charge on any atom is -0.496 e. The van der Waals surface area contributed by atoms with Crippen LogP contribution in [0.15, 0.2) is 18.2 Å². The molecule has 0 spiro atoms. The van der Waals surface area contributed by atoms with Gasteiger partial charge >= 0.3 is 0 Å². The van der Waals surface area contributed by atoms with Gasteiger partial charge in [0.25, 0.3) is 0 Å². The Kier molecular flexibility index (Phi) is 3.32. The van der Waals surface area contributed by atoms with E-state index in [1.54, 1.807) is 7.11 Å². The van der Waals surface area contributed by atoms with E-state index in [1.165, 1.54) is 0 Å². The molecule has 0 aliphatic rings. The van der Waals surface area contributed by atoms with Crippen LogP contribution in [0.2, 0.25) is 0 Å². The highest BCUT2D eigenvalue weighted by molar-refractivity contribution is 5.41. The first-order valence-electron chi connectivity index (χ1n) is 4.27. The van der Waals surface area contributed by atoms with Gasteiger partial charge in [-0.2, -0.15) is 0 Å². The van der Waals surface area contributed by atoms with E-state index in [2.05, 4.69) is 0 Å². The molecule has 0 aliphatic carbocycles. The van der Waals surface area contributed by atoms with Gasteiger partial charge < -0.3 is 9.84 Å². The quantitative estimate of drug-likeness (QED) is 0.768. The summed E-state index contributed by atoms with van der Waals surface area (Å²) in [7, 11) is 1.66. The third kappa shape index (κ3) is 2.22. The van der Waals surface area contributed by atoms with Gasteiger partial charge in [0.2, 0.25) is 0 Å². The molecule has 0 heterocycles. The van der Waals surface area contributed by atoms with Gasteiger partial charge in [-0.1, -0.05) is 19.1 Å². The molecule has 0 aliphatic heterocycles. The molecule has 0 fully saturated rings. The van der Waals surface area contributed by atoms with Crippen molar-refractivity contribution in [1.82, 2.24) is 0 Å². The van der Waals surface area contributed by atoms with Gasteiger partial charge in [0, 0.05) is 5.92 Å². The average molecular weight is 179 g/mol. The number of rotatable bonds is 3. The Labute approximate surface area is 79.2 Å². The summed E-state index contributed by atoms with van der Waals surface area (Å²) in [5, 5.41) is 8.94. The first-order chi connectivity index (χ1) is 6.19. The van der Waals surface area contributed by atoms with E-state index in [0.717, 1.165) is 22.8 Å². The zero-order valence-electron chi connectivity index (χ0n) is 8.29. The van der Waals surface area contributed by atoms with Crippen molar-refractivity contribution in [2.24, 2.45) is 0 Å². The first kappa shape index (κ1) is 10.1. The van der Waals surface area contributed by atoms with Crippen LogP contribution >= 0.6 is 0 Å². The molecule has 0 saturated carbocycles. The van der Waals surface area contributed by atoms with Gasteiger partial charge in [0.1, 0.15) is 5.75 Å². The largest absolute Gasteiger partial charge is 0.496 e. The van der Waals surface area contributed by atoms with Crippen molar-refractivity contribution in [3.8, 4) is 5.75 Å². The van der Waals surface area contributed by atoms with Crippen molar-refractivity contribution >= 4 is 0 Å². The molecule has 1 N–H and O–H groups in total. The molecule has 2 nitrogen and oxygen atoms in total. The van der Waals surface area contributed by atoms with E-state index in [0.29, 0.717) is 0 Å².